The lowest BCUT2D eigenvalue weighted by molar-refractivity contribution is -0.210. The number of carbonyl (C=O) groups is 1. The summed E-state index contributed by atoms with van der Waals surface area (Å²) in [5.41, 5.74) is 12.3. The van der Waals surface area contributed by atoms with E-state index in [0.717, 1.165) is 41.7 Å². The fourth-order valence-corrected chi connectivity index (χ4v) is 6.06. The number of nitrogens with two attached hydrogens (primary N) is 1. The molecule has 0 aliphatic heterocycles. The lowest BCUT2D eigenvalue weighted by atomic mass is 9.84. The molecule has 0 aliphatic rings. The fourth-order valence-electron chi connectivity index (χ4n) is 5.65. The number of hydrogen-bond donors (Lipinski definition) is 1. The summed E-state index contributed by atoms with van der Waals surface area (Å²) in [7, 11) is 2.97. The third-order valence-corrected chi connectivity index (χ3v) is 10.6. The van der Waals surface area contributed by atoms with E-state index in [1.54, 1.807) is 24.3 Å². The van der Waals surface area contributed by atoms with E-state index >= 15 is 0 Å². The van der Waals surface area contributed by atoms with Crippen molar-refractivity contribution in [3.05, 3.63) is 116 Å². The Kier molecular flexibility index (Phi) is 15.7. The number of ketones is 1. The van der Waals surface area contributed by atoms with Crippen LogP contribution in [0.4, 0.5) is 13.2 Å². The first-order valence-electron chi connectivity index (χ1n) is 18.5. The zero-order valence-corrected chi connectivity index (χ0v) is 36.7. The number of aryl methyl sites for hydroxylation is 5. The van der Waals surface area contributed by atoms with E-state index < -0.39 is 17.4 Å². The van der Waals surface area contributed by atoms with E-state index in [1.807, 2.05) is 62.4 Å². The van der Waals surface area contributed by atoms with E-state index in [2.05, 4.69) is 43.8 Å². The maximum absolute atomic E-state index is 13.2. The normalized spacial score (nSPS) is 11.3. The SMILES string of the molecule is COc1nc(-c2ccc(C)c(C)c2)nc(-c2cc(CCC(=O)C(C)(C)C(F)(F)F)ccc2Cl)n1.COc1nc(-c2ccc(C)c(C)c2)nc(-c2cc(CN)ccc2Cl)n1.Cl. The highest BCUT2D eigenvalue weighted by molar-refractivity contribution is 6.33. The molecule has 0 bridgehead atoms. The van der Waals surface area contributed by atoms with Crippen LogP contribution in [0.25, 0.3) is 45.6 Å². The van der Waals surface area contributed by atoms with Gasteiger partial charge >= 0.3 is 18.2 Å². The van der Waals surface area contributed by atoms with Crippen LogP contribution >= 0.6 is 35.6 Å². The molecule has 0 unspecified atom stereocenters. The van der Waals surface area contributed by atoms with Gasteiger partial charge in [0, 0.05) is 35.2 Å². The van der Waals surface area contributed by atoms with Crippen LogP contribution in [0.5, 0.6) is 12.0 Å². The Bertz CT molecular complexity index is 2500. The minimum atomic E-state index is -4.61. The number of rotatable bonds is 11. The van der Waals surface area contributed by atoms with E-state index in [9.17, 15) is 18.0 Å². The van der Waals surface area contributed by atoms with Crippen LogP contribution in [0, 0.1) is 33.1 Å². The minimum Gasteiger partial charge on any atom is -0.467 e. The third-order valence-electron chi connectivity index (χ3n) is 9.95. The maximum atomic E-state index is 13.2. The van der Waals surface area contributed by atoms with Crippen LogP contribution in [0.3, 0.4) is 0 Å². The van der Waals surface area contributed by atoms with E-state index in [0.29, 0.717) is 50.8 Å². The quantitative estimate of drug-likeness (QED) is 0.134. The van der Waals surface area contributed by atoms with Crippen molar-refractivity contribution < 1.29 is 27.4 Å². The first-order chi connectivity index (χ1) is 27.8. The molecule has 0 amide bonds. The number of methoxy groups -OCH3 is 2. The van der Waals surface area contributed by atoms with Crippen molar-refractivity contribution in [1.29, 1.82) is 0 Å². The second kappa shape index (κ2) is 19.9. The molecule has 60 heavy (non-hydrogen) atoms. The Labute approximate surface area is 363 Å². The highest BCUT2D eigenvalue weighted by Crippen LogP contribution is 2.39. The lowest BCUT2D eigenvalue weighted by Gasteiger charge is -2.26. The Morgan fingerprint density at radius 1 is 0.617 bits per heavy atom. The Hall–Kier alpha value is -5.21. The Morgan fingerprint density at radius 3 is 1.43 bits per heavy atom. The van der Waals surface area contributed by atoms with Gasteiger partial charge < -0.3 is 15.2 Å². The third kappa shape index (κ3) is 11.1. The smallest absolute Gasteiger partial charge is 0.400 e. The van der Waals surface area contributed by atoms with Gasteiger partial charge in [-0.15, -0.1) is 12.4 Å². The first kappa shape index (κ1) is 47.5. The van der Waals surface area contributed by atoms with Crippen molar-refractivity contribution in [2.75, 3.05) is 14.2 Å². The second-order valence-electron chi connectivity index (χ2n) is 14.4. The summed E-state index contributed by atoms with van der Waals surface area (Å²) in [6.45, 7) is 10.3. The molecule has 6 aromatic rings. The van der Waals surface area contributed by atoms with Gasteiger partial charge in [0.05, 0.1) is 24.3 Å². The molecule has 4 aromatic carbocycles. The Balaban J connectivity index is 0.000000272. The zero-order valence-electron chi connectivity index (χ0n) is 34.3. The minimum absolute atomic E-state index is 0. The zero-order chi connectivity index (χ0) is 43.2. The van der Waals surface area contributed by atoms with Gasteiger partial charge in [-0.3, -0.25) is 4.79 Å². The molecule has 2 aromatic heterocycles. The summed E-state index contributed by atoms with van der Waals surface area (Å²) in [6, 6.07) is 22.8. The van der Waals surface area contributed by atoms with E-state index in [-0.39, 0.29) is 43.1 Å². The van der Waals surface area contributed by atoms with Crippen LogP contribution in [0.15, 0.2) is 72.8 Å². The molecule has 6 rings (SSSR count). The van der Waals surface area contributed by atoms with Gasteiger partial charge in [0.25, 0.3) is 0 Å². The number of aromatic nitrogens is 6. The molecule has 0 atom stereocenters. The molecule has 0 radical (unpaired) electrons. The lowest BCUT2D eigenvalue weighted by Crippen LogP contribution is -2.39. The van der Waals surface area contributed by atoms with Gasteiger partial charge in [0.2, 0.25) is 0 Å². The van der Waals surface area contributed by atoms with Crippen molar-refractivity contribution in [3.8, 4) is 57.6 Å². The fraction of sp³-hybridized carbons (Fsp3) is 0.295. The van der Waals surface area contributed by atoms with Gasteiger partial charge in [0.1, 0.15) is 11.2 Å². The molecule has 2 heterocycles. The molecule has 0 aliphatic carbocycles. The van der Waals surface area contributed by atoms with Crippen molar-refractivity contribution in [1.82, 2.24) is 29.9 Å². The molecule has 16 heteroatoms. The maximum Gasteiger partial charge on any atom is 0.400 e. The summed E-state index contributed by atoms with van der Waals surface area (Å²) in [5, 5.41) is 0.904. The van der Waals surface area contributed by atoms with Crippen LogP contribution in [0.1, 0.15) is 53.6 Å². The van der Waals surface area contributed by atoms with Crippen molar-refractivity contribution in [3.63, 3.8) is 0 Å². The molecule has 10 nitrogen and oxygen atoms in total. The predicted molar refractivity (Wildman–Crippen MR) is 232 cm³/mol. The summed E-state index contributed by atoms with van der Waals surface area (Å²) in [4.78, 5) is 38.8. The summed E-state index contributed by atoms with van der Waals surface area (Å²) < 4.78 is 50.0. The van der Waals surface area contributed by atoms with Crippen LogP contribution in [-0.2, 0) is 17.8 Å². The van der Waals surface area contributed by atoms with E-state index in [1.165, 1.54) is 25.3 Å². The number of ether oxygens (including phenoxy) is 2. The number of nitrogens with zero attached hydrogens (tertiary/aromatic N) is 6. The molecule has 0 spiro atoms. The van der Waals surface area contributed by atoms with Gasteiger partial charge in [-0.2, -0.15) is 33.1 Å². The molecule has 2 N–H and O–H groups in total. The molecular formula is C44H45Cl3F3N7O3. The van der Waals surface area contributed by atoms with E-state index in [4.69, 9.17) is 38.4 Å². The molecular weight excluding hydrogens is 838 g/mol. The monoisotopic (exact) mass is 881 g/mol. The number of hydrogen-bond acceptors (Lipinski definition) is 10. The van der Waals surface area contributed by atoms with Crippen molar-refractivity contribution in [2.45, 2.75) is 67.1 Å². The number of Topliss-reactive ketones (excluding diaryl/α,β-unsaturated/α-hetero) is 1. The van der Waals surface area contributed by atoms with Crippen LogP contribution in [-0.4, -0.2) is 56.1 Å². The molecule has 316 valence electrons. The van der Waals surface area contributed by atoms with Gasteiger partial charge in [-0.05, 0) is 118 Å². The topological polar surface area (TPSA) is 139 Å². The number of halogens is 6. The van der Waals surface area contributed by atoms with Crippen molar-refractivity contribution in [2.24, 2.45) is 11.1 Å². The number of alkyl halides is 3. The van der Waals surface area contributed by atoms with Gasteiger partial charge in [-0.25, -0.2) is 9.97 Å². The highest BCUT2D eigenvalue weighted by atomic mass is 35.5. The summed E-state index contributed by atoms with van der Waals surface area (Å²) >= 11 is 12.8. The molecule has 0 saturated heterocycles. The Morgan fingerprint density at radius 2 is 1.03 bits per heavy atom. The number of carbonyl (C=O) groups excluding carboxylic acids is 1. The summed E-state index contributed by atoms with van der Waals surface area (Å²) in [6.07, 6.45) is -4.75. The molecule has 0 saturated carbocycles. The van der Waals surface area contributed by atoms with Gasteiger partial charge in [-0.1, -0.05) is 59.6 Å². The van der Waals surface area contributed by atoms with Crippen molar-refractivity contribution >= 4 is 41.4 Å². The average Bonchev–Trinajstić information content (AvgIpc) is 3.21. The van der Waals surface area contributed by atoms with Crippen LogP contribution in [0.2, 0.25) is 10.0 Å². The van der Waals surface area contributed by atoms with Gasteiger partial charge in [0.15, 0.2) is 23.3 Å². The van der Waals surface area contributed by atoms with Crippen LogP contribution < -0.4 is 15.2 Å². The predicted octanol–water partition coefficient (Wildman–Crippen LogP) is 10.9. The second-order valence-corrected chi connectivity index (χ2v) is 15.2. The largest absolute Gasteiger partial charge is 0.467 e. The standard InChI is InChI=1S/C25H25ClF3N3O2.C19H19ClN4O.ClH/c1-14-6-9-17(12-15(14)2)21-30-22(32-23(31-21)34-5)18-13-16(7-10-19(18)26)8-11-20(33)24(3,4)25(27,28)29;1-11-4-6-14(8-12(11)2)17-22-18(24-19(23-17)25-3)15-9-13(10-21)5-7-16(15)20;/h6-7,9-10,12-13H,8,11H2,1-5H3;4-9H,10,21H2,1-3H3;1H. The highest BCUT2D eigenvalue weighted by Gasteiger charge is 2.51. The first-order valence-corrected chi connectivity index (χ1v) is 19.2. The summed E-state index contributed by atoms with van der Waals surface area (Å²) in [5.74, 6) is 0.775. The number of benzene rings is 4. The molecule has 0 fully saturated rings. The average molecular weight is 883 g/mol.